The molecule has 8 heteroatoms. The van der Waals surface area contributed by atoms with Crippen molar-refractivity contribution in [2.24, 2.45) is 5.10 Å². The van der Waals surface area contributed by atoms with Crippen molar-refractivity contribution in [2.75, 3.05) is 5.32 Å². The molecule has 0 radical (unpaired) electrons. The van der Waals surface area contributed by atoms with Crippen LogP contribution in [0.4, 0.5) is 10.5 Å². The van der Waals surface area contributed by atoms with Crippen LogP contribution in [0.15, 0.2) is 51.1 Å². The van der Waals surface area contributed by atoms with Gasteiger partial charge in [-0.05, 0) is 12.1 Å². The molecule has 0 aliphatic carbocycles. The SMILES string of the molecule is O=C(N/N=C\c1cc(=O)[nH]c(=O)[nH]1)Nc1ccccc1. The molecular weight excluding hydrogens is 262 g/mol. The van der Waals surface area contributed by atoms with Crippen molar-refractivity contribution in [1.82, 2.24) is 15.4 Å². The van der Waals surface area contributed by atoms with Gasteiger partial charge in [-0.2, -0.15) is 5.10 Å². The summed E-state index contributed by atoms with van der Waals surface area (Å²) in [6, 6.07) is 9.42. The van der Waals surface area contributed by atoms with E-state index < -0.39 is 17.3 Å². The van der Waals surface area contributed by atoms with Gasteiger partial charge in [-0.1, -0.05) is 18.2 Å². The second-order valence-corrected chi connectivity index (χ2v) is 3.73. The van der Waals surface area contributed by atoms with E-state index in [0.29, 0.717) is 5.69 Å². The second-order valence-electron chi connectivity index (χ2n) is 3.73. The Morgan fingerprint density at radius 2 is 1.90 bits per heavy atom. The zero-order valence-corrected chi connectivity index (χ0v) is 10.2. The van der Waals surface area contributed by atoms with E-state index in [2.05, 4.69) is 20.8 Å². The highest BCUT2D eigenvalue weighted by Gasteiger charge is 1.98. The van der Waals surface area contributed by atoms with E-state index in [1.54, 1.807) is 24.3 Å². The molecule has 2 rings (SSSR count). The van der Waals surface area contributed by atoms with Crippen LogP contribution in [0, 0.1) is 0 Å². The Balaban J connectivity index is 1.94. The summed E-state index contributed by atoms with van der Waals surface area (Å²) in [6.07, 6.45) is 1.15. The standard InChI is InChI=1S/C12H11N5O3/c18-10-6-9(15-11(19)16-10)7-13-17-12(20)14-8-4-2-1-3-5-8/h1-7H,(H2,14,17,20)(H2,15,16,18,19)/b13-7-. The van der Waals surface area contributed by atoms with Crippen LogP contribution in [0.5, 0.6) is 0 Å². The fourth-order valence-electron chi connectivity index (χ4n) is 1.40. The van der Waals surface area contributed by atoms with Gasteiger partial charge in [0.2, 0.25) is 0 Å². The molecule has 4 N–H and O–H groups in total. The first-order valence-electron chi connectivity index (χ1n) is 5.62. The molecule has 2 aromatic rings. The van der Waals surface area contributed by atoms with Gasteiger partial charge in [0.15, 0.2) is 0 Å². The number of hydrazone groups is 1. The molecule has 0 unspecified atom stereocenters. The number of nitrogens with one attached hydrogen (secondary N) is 4. The maximum Gasteiger partial charge on any atom is 0.339 e. The third-order valence-corrected chi connectivity index (χ3v) is 2.18. The molecule has 0 fully saturated rings. The first kappa shape index (κ1) is 13.3. The van der Waals surface area contributed by atoms with Crippen molar-refractivity contribution in [2.45, 2.75) is 0 Å². The highest BCUT2D eigenvalue weighted by atomic mass is 16.2. The summed E-state index contributed by atoms with van der Waals surface area (Å²) in [5.41, 5.74) is 1.80. The lowest BCUT2D eigenvalue weighted by atomic mass is 10.3. The van der Waals surface area contributed by atoms with Crippen LogP contribution >= 0.6 is 0 Å². The number of H-pyrrole nitrogens is 2. The predicted octanol–water partition coefficient (Wildman–Crippen LogP) is 0.219. The van der Waals surface area contributed by atoms with E-state index in [0.717, 1.165) is 12.3 Å². The van der Waals surface area contributed by atoms with Crippen LogP contribution < -0.4 is 22.0 Å². The average molecular weight is 273 g/mol. The summed E-state index contributed by atoms with van der Waals surface area (Å²) >= 11 is 0. The maximum absolute atomic E-state index is 11.5. The number of carbonyl (C=O) groups excluding carboxylic acids is 1. The average Bonchev–Trinajstić information content (AvgIpc) is 2.38. The fourth-order valence-corrected chi connectivity index (χ4v) is 1.40. The Bertz CT molecular complexity index is 704. The molecule has 0 saturated carbocycles. The first-order chi connectivity index (χ1) is 9.63. The number of hydrogen-bond donors (Lipinski definition) is 4. The van der Waals surface area contributed by atoms with Crippen LogP contribution in [-0.2, 0) is 0 Å². The lowest BCUT2D eigenvalue weighted by Crippen LogP contribution is -2.25. The van der Waals surface area contributed by atoms with Gasteiger partial charge in [-0.15, -0.1) is 0 Å². The van der Waals surface area contributed by atoms with Crippen LogP contribution in [0.25, 0.3) is 0 Å². The van der Waals surface area contributed by atoms with Crippen molar-refractivity contribution < 1.29 is 4.79 Å². The number of amides is 2. The Labute approximate surface area is 112 Å². The number of rotatable bonds is 3. The number of aromatic amines is 2. The van der Waals surface area contributed by atoms with Crippen molar-refractivity contribution in [3.63, 3.8) is 0 Å². The minimum absolute atomic E-state index is 0.179. The lowest BCUT2D eigenvalue weighted by Gasteiger charge is -2.02. The molecular formula is C12H11N5O3. The number of benzene rings is 1. The lowest BCUT2D eigenvalue weighted by molar-refractivity contribution is 0.252. The number of nitrogens with zero attached hydrogens (tertiary/aromatic N) is 1. The Kier molecular flexibility index (Phi) is 4.07. The van der Waals surface area contributed by atoms with Gasteiger partial charge in [0, 0.05) is 11.8 Å². The van der Waals surface area contributed by atoms with Gasteiger partial charge >= 0.3 is 11.7 Å². The van der Waals surface area contributed by atoms with Gasteiger partial charge in [-0.3, -0.25) is 9.78 Å². The highest BCUT2D eigenvalue weighted by Crippen LogP contribution is 2.03. The summed E-state index contributed by atoms with van der Waals surface area (Å²) in [6.45, 7) is 0. The summed E-state index contributed by atoms with van der Waals surface area (Å²) in [7, 11) is 0. The van der Waals surface area contributed by atoms with Gasteiger partial charge in [-0.25, -0.2) is 15.0 Å². The zero-order chi connectivity index (χ0) is 14.4. The van der Waals surface area contributed by atoms with E-state index >= 15 is 0 Å². The minimum Gasteiger partial charge on any atom is -0.307 e. The van der Waals surface area contributed by atoms with Crippen LogP contribution in [0.1, 0.15) is 5.69 Å². The van der Waals surface area contributed by atoms with E-state index in [1.807, 2.05) is 11.1 Å². The van der Waals surface area contributed by atoms with Gasteiger partial charge in [0.25, 0.3) is 5.56 Å². The maximum atomic E-state index is 11.5. The van der Waals surface area contributed by atoms with Gasteiger partial charge < -0.3 is 10.3 Å². The molecule has 1 aromatic heterocycles. The van der Waals surface area contributed by atoms with E-state index in [9.17, 15) is 14.4 Å². The third kappa shape index (κ3) is 3.95. The van der Waals surface area contributed by atoms with Crippen LogP contribution in [0.3, 0.4) is 0 Å². The highest BCUT2D eigenvalue weighted by molar-refractivity contribution is 5.90. The molecule has 0 spiro atoms. The number of hydrogen-bond acceptors (Lipinski definition) is 4. The Hall–Kier alpha value is -3.16. The quantitative estimate of drug-likeness (QED) is 0.473. The number of anilines is 1. The summed E-state index contributed by atoms with van der Waals surface area (Å²) in [4.78, 5) is 37.8. The van der Waals surface area contributed by atoms with Crippen molar-refractivity contribution in [3.8, 4) is 0 Å². The van der Waals surface area contributed by atoms with Gasteiger partial charge in [0.1, 0.15) is 0 Å². The zero-order valence-electron chi connectivity index (χ0n) is 10.2. The molecule has 102 valence electrons. The van der Waals surface area contributed by atoms with Gasteiger partial charge in [0.05, 0.1) is 11.9 Å². The van der Waals surface area contributed by atoms with E-state index in [1.165, 1.54) is 0 Å². The first-order valence-corrected chi connectivity index (χ1v) is 5.62. The number of aromatic nitrogens is 2. The Morgan fingerprint density at radius 3 is 2.60 bits per heavy atom. The number of para-hydroxylation sites is 1. The molecule has 0 bridgehead atoms. The molecule has 1 aromatic carbocycles. The van der Waals surface area contributed by atoms with Crippen molar-refractivity contribution >= 4 is 17.9 Å². The Morgan fingerprint density at radius 1 is 1.15 bits per heavy atom. The molecule has 20 heavy (non-hydrogen) atoms. The summed E-state index contributed by atoms with van der Waals surface area (Å²) in [5, 5.41) is 6.16. The van der Waals surface area contributed by atoms with Crippen molar-refractivity contribution in [1.29, 1.82) is 0 Å². The molecule has 0 saturated heterocycles. The number of carbonyl (C=O) groups is 1. The van der Waals surface area contributed by atoms with Crippen LogP contribution in [0.2, 0.25) is 0 Å². The third-order valence-electron chi connectivity index (χ3n) is 2.18. The molecule has 2 amide bonds. The topological polar surface area (TPSA) is 119 Å². The monoisotopic (exact) mass is 273 g/mol. The predicted molar refractivity (Wildman–Crippen MR) is 73.9 cm³/mol. The van der Waals surface area contributed by atoms with Crippen LogP contribution in [-0.4, -0.2) is 22.2 Å². The number of urea groups is 1. The summed E-state index contributed by atoms with van der Waals surface area (Å²) in [5.74, 6) is 0. The molecule has 0 aliphatic rings. The fraction of sp³-hybridized carbons (Fsp3) is 0. The van der Waals surface area contributed by atoms with E-state index in [4.69, 9.17) is 0 Å². The minimum atomic E-state index is -0.646. The molecule has 0 aliphatic heterocycles. The smallest absolute Gasteiger partial charge is 0.307 e. The van der Waals surface area contributed by atoms with E-state index in [-0.39, 0.29) is 5.69 Å². The molecule has 1 heterocycles. The molecule has 8 nitrogen and oxygen atoms in total. The second kappa shape index (κ2) is 6.14. The summed E-state index contributed by atoms with van der Waals surface area (Å²) < 4.78 is 0. The normalized spacial score (nSPS) is 10.4. The largest absolute Gasteiger partial charge is 0.339 e. The van der Waals surface area contributed by atoms with Crippen molar-refractivity contribution in [3.05, 3.63) is 62.9 Å². The molecule has 0 atom stereocenters.